The zero-order valence-electron chi connectivity index (χ0n) is 12.2. The van der Waals surface area contributed by atoms with Crippen LogP contribution in [-0.2, 0) is 15.1 Å². The Morgan fingerprint density at radius 3 is 2.67 bits per heavy atom. The van der Waals surface area contributed by atoms with Crippen LogP contribution in [0, 0.1) is 4.91 Å². The summed E-state index contributed by atoms with van der Waals surface area (Å²) in [6, 6.07) is 0. The minimum Gasteiger partial charge on any atom is -0.497 e. The van der Waals surface area contributed by atoms with Crippen LogP contribution < -0.4 is 4.57 Å². The Kier molecular flexibility index (Phi) is 5.18. The first-order valence-electron chi connectivity index (χ1n) is 6.12. The maximum Gasteiger partial charge on any atom is 0.356 e. The molecule has 0 radical (unpaired) electrons. The summed E-state index contributed by atoms with van der Waals surface area (Å²) in [6.45, 7) is 6.78. The highest BCUT2D eigenvalue weighted by molar-refractivity contribution is 5.78. The quantitative estimate of drug-likeness (QED) is 0.348. The summed E-state index contributed by atoms with van der Waals surface area (Å²) in [5, 5.41) is 12.3. The molecule has 0 aliphatic carbocycles. The van der Waals surface area contributed by atoms with Crippen molar-refractivity contribution in [1.82, 2.24) is 4.98 Å². The normalized spacial score (nSPS) is 15.2. The number of aliphatic carboxylic acids is 1. The lowest BCUT2D eigenvalue weighted by molar-refractivity contribution is -0.736. The summed E-state index contributed by atoms with van der Waals surface area (Å²) < 4.78 is 6.41. The third-order valence-electron chi connectivity index (χ3n) is 3.35. The molecule has 1 unspecified atom stereocenters. The number of hydrogen-bond acceptors (Lipinski definition) is 4. The van der Waals surface area contributed by atoms with E-state index in [0.717, 1.165) is 0 Å². The molecule has 0 bridgehead atoms. The zero-order chi connectivity index (χ0) is 16.0. The van der Waals surface area contributed by atoms with Crippen molar-refractivity contribution in [2.75, 3.05) is 7.11 Å². The van der Waals surface area contributed by atoms with Gasteiger partial charge in [0.2, 0.25) is 11.9 Å². The lowest BCUT2D eigenvalue weighted by atomic mass is 9.92. The smallest absolute Gasteiger partial charge is 0.356 e. The summed E-state index contributed by atoms with van der Waals surface area (Å²) in [6.07, 6.45) is 7.49. The van der Waals surface area contributed by atoms with Gasteiger partial charge in [-0.25, -0.2) is 14.3 Å². The van der Waals surface area contributed by atoms with Crippen LogP contribution in [0.5, 0.6) is 0 Å². The van der Waals surface area contributed by atoms with E-state index in [9.17, 15) is 14.8 Å². The van der Waals surface area contributed by atoms with Gasteiger partial charge in [0.1, 0.15) is 5.76 Å². The molecular formula is C14H18N3O4+. The number of carboxylic acids is 1. The van der Waals surface area contributed by atoms with Gasteiger partial charge in [0.05, 0.1) is 7.11 Å². The van der Waals surface area contributed by atoms with E-state index in [-0.39, 0.29) is 5.82 Å². The van der Waals surface area contributed by atoms with Crippen molar-refractivity contribution in [2.45, 2.75) is 19.4 Å². The largest absolute Gasteiger partial charge is 0.497 e. The Bertz CT molecular complexity index is 615. The van der Waals surface area contributed by atoms with E-state index in [0.29, 0.717) is 11.3 Å². The highest BCUT2D eigenvalue weighted by Crippen LogP contribution is 2.21. The van der Waals surface area contributed by atoms with Gasteiger partial charge in [-0.15, -0.1) is 4.91 Å². The van der Waals surface area contributed by atoms with Crippen LogP contribution in [0.2, 0.25) is 0 Å². The van der Waals surface area contributed by atoms with E-state index < -0.39 is 11.5 Å². The van der Waals surface area contributed by atoms with Crippen molar-refractivity contribution in [1.29, 1.82) is 0 Å². The summed E-state index contributed by atoms with van der Waals surface area (Å²) >= 11 is 0. The number of nitrogens with zero attached hydrogens (tertiary/aromatic N) is 2. The number of nitrogens with one attached hydrogen (secondary N) is 1. The number of carboxylic acid groups (broad SMARTS) is 1. The van der Waals surface area contributed by atoms with E-state index in [2.05, 4.69) is 16.7 Å². The van der Waals surface area contributed by atoms with Gasteiger partial charge in [0.25, 0.3) is 5.82 Å². The third-order valence-corrected chi connectivity index (χ3v) is 3.35. The Balaban J connectivity index is 3.30. The molecule has 1 aromatic rings. The van der Waals surface area contributed by atoms with E-state index in [4.69, 9.17) is 4.74 Å². The van der Waals surface area contributed by atoms with Crippen molar-refractivity contribution in [3.63, 3.8) is 0 Å². The summed E-state index contributed by atoms with van der Waals surface area (Å²) in [4.78, 5) is 24.8. The second-order valence-electron chi connectivity index (χ2n) is 4.49. The molecule has 0 fully saturated rings. The average Bonchev–Trinajstić information content (AvgIpc) is 2.96. The van der Waals surface area contributed by atoms with Gasteiger partial charge in [-0.1, -0.05) is 12.7 Å². The molecule has 1 aromatic heterocycles. The van der Waals surface area contributed by atoms with Crippen molar-refractivity contribution in [3.05, 3.63) is 53.6 Å². The molecule has 0 spiro atoms. The number of carbonyl (C=O) groups is 1. The minimum absolute atomic E-state index is 0.0505. The number of ether oxygens (including phenoxy) is 1. The summed E-state index contributed by atoms with van der Waals surface area (Å²) in [5.74, 6) is -0.505. The van der Waals surface area contributed by atoms with Gasteiger partial charge in [0, 0.05) is 5.18 Å². The first-order chi connectivity index (χ1) is 9.89. The number of allylic oxidation sites excluding steroid dienone is 3. The maximum absolute atomic E-state index is 11.7. The van der Waals surface area contributed by atoms with Gasteiger partial charge in [0.15, 0.2) is 6.20 Å². The van der Waals surface area contributed by atoms with Crippen LogP contribution in [0.15, 0.2) is 53.8 Å². The number of rotatable bonds is 7. The van der Waals surface area contributed by atoms with E-state index >= 15 is 0 Å². The number of imidazole rings is 1. The second kappa shape index (κ2) is 6.65. The van der Waals surface area contributed by atoms with Crippen molar-refractivity contribution in [2.24, 2.45) is 5.18 Å². The average molecular weight is 292 g/mol. The monoisotopic (exact) mass is 292 g/mol. The fraction of sp³-hybridized carbons (Fsp3) is 0.286. The lowest BCUT2D eigenvalue weighted by Gasteiger charge is -2.22. The third kappa shape index (κ3) is 3.25. The van der Waals surface area contributed by atoms with Crippen LogP contribution in [0.1, 0.15) is 13.8 Å². The van der Waals surface area contributed by atoms with Gasteiger partial charge in [-0.2, -0.15) is 0 Å². The first kappa shape index (κ1) is 16.4. The molecule has 0 aliphatic heterocycles. The molecule has 7 heteroatoms. The van der Waals surface area contributed by atoms with Gasteiger partial charge < -0.3 is 9.84 Å². The summed E-state index contributed by atoms with van der Waals surface area (Å²) in [7, 11) is 1.50. The Morgan fingerprint density at radius 1 is 1.57 bits per heavy atom. The minimum atomic E-state index is -1.37. The number of aromatic nitrogens is 2. The standard InChI is InChI=1S/C14H17N3O4/c1-5-11(21-4)7-6-10(2)14(3,13(18)19)17-8-12(16-20)15-9-17/h5-9H,1H2,2-4H3,(H,18,19)/p+1/b10-6+,11-7+. The van der Waals surface area contributed by atoms with E-state index in [1.807, 2.05) is 0 Å². The molecule has 0 aliphatic rings. The van der Waals surface area contributed by atoms with Gasteiger partial charge in [-0.3, -0.25) is 0 Å². The number of nitroso groups, excluding NO2 is 1. The van der Waals surface area contributed by atoms with Crippen LogP contribution in [0.4, 0.5) is 5.82 Å². The Hall–Kier alpha value is -2.70. The molecular weight excluding hydrogens is 274 g/mol. The highest BCUT2D eigenvalue weighted by atomic mass is 16.5. The van der Waals surface area contributed by atoms with Crippen molar-refractivity contribution in [3.8, 4) is 0 Å². The lowest BCUT2D eigenvalue weighted by Crippen LogP contribution is -2.59. The topological polar surface area (TPSA) is 95.6 Å². The van der Waals surface area contributed by atoms with Crippen LogP contribution in [-0.4, -0.2) is 23.2 Å². The highest BCUT2D eigenvalue weighted by Gasteiger charge is 2.42. The molecule has 1 heterocycles. The summed E-state index contributed by atoms with van der Waals surface area (Å²) in [5.41, 5.74) is -0.830. The van der Waals surface area contributed by atoms with Crippen LogP contribution in [0.25, 0.3) is 0 Å². The number of methoxy groups -OCH3 is 1. The van der Waals surface area contributed by atoms with E-state index in [1.165, 1.54) is 37.2 Å². The van der Waals surface area contributed by atoms with Gasteiger partial charge >= 0.3 is 5.97 Å². The SMILES string of the molecule is C=C/C(=C\C=C(/C)C(C)(C(=O)O)[n+]1c[nH]c(N=O)c1)OC. The molecule has 21 heavy (non-hydrogen) atoms. The Labute approximate surface area is 122 Å². The predicted octanol–water partition coefficient (Wildman–Crippen LogP) is 2.16. The molecule has 1 rings (SSSR count). The molecule has 1 atom stereocenters. The fourth-order valence-electron chi connectivity index (χ4n) is 1.72. The molecule has 2 N–H and O–H groups in total. The van der Waals surface area contributed by atoms with Crippen LogP contribution in [0.3, 0.4) is 0 Å². The molecule has 0 saturated heterocycles. The van der Waals surface area contributed by atoms with Crippen molar-refractivity contribution < 1.29 is 19.2 Å². The molecule has 0 aromatic carbocycles. The number of hydrogen-bond donors (Lipinski definition) is 2. The second-order valence-corrected chi connectivity index (χ2v) is 4.49. The maximum atomic E-state index is 11.7. The van der Waals surface area contributed by atoms with E-state index in [1.54, 1.807) is 19.1 Å². The predicted molar refractivity (Wildman–Crippen MR) is 76.8 cm³/mol. The number of H-pyrrole nitrogens is 1. The zero-order valence-corrected chi connectivity index (χ0v) is 12.2. The first-order valence-corrected chi connectivity index (χ1v) is 6.12. The van der Waals surface area contributed by atoms with Crippen LogP contribution >= 0.6 is 0 Å². The molecule has 0 saturated carbocycles. The molecule has 0 amide bonds. The Morgan fingerprint density at radius 2 is 2.24 bits per heavy atom. The van der Waals surface area contributed by atoms with Gasteiger partial charge in [-0.05, 0) is 31.6 Å². The molecule has 7 nitrogen and oxygen atoms in total. The fourth-order valence-corrected chi connectivity index (χ4v) is 1.72. The molecule has 112 valence electrons. The number of aromatic amines is 1. The van der Waals surface area contributed by atoms with Crippen molar-refractivity contribution >= 4 is 11.8 Å².